The van der Waals surface area contributed by atoms with Crippen molar-refractivity contribution < 1.29 is 14.1 Å². The van der Waals surface area contributed by atoms with Gasteiger partial charge in [0.05, 0.1) is 5.92 Å². The molecule has 1 aliphatic heterocycles. The lowest BCUT2D eigenvalue weighted by molar-refractivity contribution is -0.138. The van der Waals surface area contributed by atoms with E-state index in [9.17, 15) is 9.59 Å². The maximum atomic E-state index is 12.4. The molecule has 26 heavy (non-hydrogen) atoms. The highest BCUT2D eigenvalue weighted by Gasteiger charge is 2.38. The number of aromatic nitrogens is 2. The highest BCUT2D eigenvalue weighted by atomic mass is 16.5. The van der Waals surface area contributed by atoms with Crippen LogP contribution >= 0.6 is 0 Å². The van der Waals surface area contributed by atoms with Crippen LogP contribution in [0.5, 0.6) is 0 Å². The number of nitrogens with one attached hydrogen (secondary N) is 1. The molecule has 1 aliphatic carbocycles. The third-order valence-corrected chi connectivity index (χ3v) is 4.94. The van der Waals surface area contributed by atoms with E-state index in [2.05, 4.69) is 15.5 Å². The number of piperidine rings is 1. The van der Waals surface area contributed by atoms with Gasteiger partial charge >= 0.3 is 0 Å². The fourth-order valence-corrected chi connectivity index (χ4v) is 3.32. The summed E-state index contributed by atoms with van der Waals surface area (Å²) < 4.78 is 5.25. The average Bonchev–Trinajstić information content (AvgIpc) is 3.40. The molecule has 1 saturated heterocycles. The van der Waals surface area contributed by atoms with Gasteiger partial charge in [-0.25, -0.2) is 0 Å². The zero-order chi connectivity index (χ0) is 17.9. The molecule has 0 unspecified atom stereocenters. The van der Waals surface area contributed by atoms with Crippen molar-refractivity contribution in [2.24, 2.45) is 5.92 Å². The molecule has 2 aliphatic rings. The second kappa shape index (κ2) is 7.27. The Balaban J connectivity index is 1.26. The molecular formula is C19H22N4O3. The van der Waals surface area contributed by atoms with Gasteiger partial charge in [-0.15, -0.1) is 0 Å². The van der Waals surface area contributed by atoms with Gasteiger partial charge in [-0.3, -0.25) is 9.59 Å². The molecule has 2 amide bonds. The predicted molar refractivity (Wildman–Crippen MR) is 93.9 cm³/mol. The largest absolute Gasteiger partial charge is 0.355 e. The van der Waals surface area contributed by atoms with Gasteiger partial charge in [0, 0.05) is 37.5 Å². The maximum Gasteiger partial charge on any atom is 0.228 e. The topological polar surface area (TPSA) is 88.3 Å². The van der Waals surface area contributed by atoms with Crippen LogP contribution in [-0.4, -0.2) is 46.0 Å². The molecule has 4 rings (SSSR count). The van der Waals surface area contributed by atoms with Gasteiger partial charge in [0.15, 0.2) is 0 Å². The molecule has 1 aromatic carbocycles. The van der Waals surface area contributed by atoms with E-state index in [1.807, 2.05) is 35.2 Å². The second-order valence-electron chi connectivity index (χ2n) is 6.93. The summed E-state index contributed by atoms with van der Waals surface area (Å²) in [5, 5.41) is 6.92. The first-order chi connectivity index (χ1) is 12.7. The van der Waals surface area contributed by atoms with Crippen LogP contribution in [0.4, 0.5) is 0 Å². The number of amides is 2. The molecule has 1 aromatic heterocycles. The normalized spacial score (nSPS) is 20.2. The van der Waals surface area contributed by atoms with Crippen molar-refractivity contribution in [1.29, 1.82) is 0 Å². The molecule has 0 spiro atoms. The second-order valence-corrected chi connectivity index (χ2v) is 6.93. The minimum Gasteiger partial charge on any atom is -0.355 e. The Bertz CT molecular complexity index is 785. The lowest BCUT2D eigenvalue weighted by Gasteiger charge is -2.32. The van der Waals surface area contributed by atoms with Crippen molar-refractivity contribution in [1.82, 2.24) is 20.4 Å². The van der Waals surface area contributed by atoms with E-state index in [1.54, 1.807) is 0 Å². The van der Waals surface area contributed by atoms with Gasteiger partial charge in [0.2, 0.25) is 23.5 Å². The third-order valence-electron chi connectivity index (χ3n) is 4.94. The highest BCUT2D eigenvalue weighted by Crippen LogP contribution is 2.31. The van der Waals surface area contributed by atoms with E-state index in [0.717, 1.165) is 18.4 Å². The number of hydrogen-bond acceptors (Lipinski definition) is 5. The molecular weight excluding hydrogens is 332 g/mol. The summed E-state index contributed by atoms with van der Waals surface area (Å²) in [6, 6.07) is 9.99. The number of hydrogen-bond donors (Lipinski definition) is 1. The summed E-state index contributed by atoms with van der Waals surface area (Å²) in [5.74, 6) is 1.14. The first kappa shape index (κ1) is 16.8. The first-order valence-electron chi connectivity index (χ1n) is 9.16. The summed E-state index contributed by atoms with van der Waals surface area (Å²) >= 11 is 0. The van der Waals surface area contributed by atoms with Gasteiger partial charge in [-0.2, -0.15) is 4.98 Å². The minimum atomic E-state index is -0.115. The van der Waals surface area contributed by atoms with Gasteiger partial charge in [-0.05, 0) is 19.3 Å². The fourth-order valence-electron chi connectivity index (χ4n) is 3.32. The molecule has 2 aromatic rings. The smallest absolute Gasteiger partial charge is 0.228 e. The zero-order valence-corrected chi connectivity index (χ0v) is 14.6. The van der Waals surface area contributed by atoms with E-state index in [1.165, 1.54) is 0 Å². The Hall–Kier alpha value is -2.70. The van der Waals surface area contributed by atoms with E-state index in [0.29, 0.717) is 50.1 Å². The average molecular weight is 354 g/mol. The number of rotatable bonds is 6. The van der Waals surface area contributed by atoms with E-state index in [4.69, 9.17) is 4.52 Å². The van der Waals surface area contributed by atoms with Crippen LogP contribution in [-0.2, 0) is 16.0 Å². The number of likely N-dealkylation sites (tertiary alicyclic amines) is 1. The monoisotopic (exact) mass is 354 g/mol. The third kappa shape index (κ3) is 3.76. The van der Waals surface area contributed by atoms with E-state index >= 15 is 0 Å². The Kier molecular flexibility index (Phi) is 4.69. The number of nitrogens with zero attached hydrogens (tertiary/aromatic N) is 3. The quantitative estimate of drug-likeness (QED) is 0.854. The van der Waals surface area contributed by atoms with Gasteiger partial charge in [0.1, 0.15) is 0 Å². The summed E-state index contributed by atoms with van der Waals surface area (Å²) in [6.07, 6.45) is 3.73. The predicted octanol–water partition coefficient (Wildman–Crippen LogP) is 1.80. The fraction of sp³-hybridized carbons (Fsp3) is 0.474. The standard InChI is InChI=1S/C19H22N4O3/c24-17-9-6-14(12-23(17)15-7-8-15)19(25)20-11-10-16-21-18(22-26-16)13-4-2-1-3-5-13/h1-5,14-15H,6-12H2,(H,20,25)/t14-/m0/s1. The SMILES string of the molecule is O=C(NCCc1nc(-c2ccccc2)no1)[C@H]1CCC(=O)N(C2CC2)C1. The molecule has 136 valence electrons. The van der Waals surface area contributed by atoms with Crippen LogP contribution in [0.1, 0.15) is 31.6 Å². The van der Waals surface area contributed by atoms with Crippen LogP contribution < -0.4 is 5.32 Å². The summed E-state index contributed by atoms with van der Waals surface area (Å²) in [4.78, 5) is 30.6. The molecule has 1 saturated carbocycles. The number of carbonyl (C=O) groups is 2. The molecule has 7 heteroatoms. The van der Waals surface area contributed by atoms with Gasteiger partial charge in [0.25, 0.3) is 0 Å². The molecule has 2 heterocycles. The Morgan fingerprint density at radius 3 is 2.81 bits per heavy atom. The van der Waals surface area contributed by atoms with Crippen molar-refractivity contribution >= 4 is 11.8 Å². The zero-order valence-electron chi connectivity index (χ0n) is 14.6. The molecule has 0 bridgehead atoms. The van der Waals surface area contributed by atoms with E-state index in [-0.39, 0.29) is 17.7 Å². The van der Waals surface area contributed by atoms with E-state index < -0.39 is 0 Å². The lowest BCUT2D eigenvalue weighted by Crippen LogP contribution is -2.46. The van der Waals surface area contributed by atoms with Crippen LogP contribution in [0.3, 0.4) is 0 Å². The van der Waals surface area contributed by atoms with Crippen LogP contribution in [0.15, 0.2) is 34.9 Å². The summed E-state index contributed by atoms with van der Waals surface area (Å²) in [7, 11) is 0. The molecule has 1 atom stereocenters. The van der Waals surface area contributed by atoms with Crippen LogP contribution in [0.25, 0.3) is 11.4 Å². The Morgan fingerprint density at radius 2 is 2.04 bits per heavy atom. The summed E-state index contributed by atoms with van der Waals surface area (Å²) in [6.45, 7) is 0.997. The van der Waals surface area contributed by atoms with Crippen molar-refractivity contribution in [2.75, 3.05) is 13.1 Å². The van der Waals surface area contributed by atoms with Crippen molar-refractivity contribution in [3.05, 3.63) is 36.2 Å². The van der Waals surface area contributed by atoms with Crippen molar-refractivity contribution in [2.45, 2.75) is 38.1 Å². The molecule has 7 nitrogen and oxygen atoms in total. The molecule has 1 N–H and O–H groups in total. The molecule has 0 radical (unpaired) electrons. The first-order valence-corrected chi connectivity index (χ1v) is 9.16. The Morgan fingerprint density at radius 1 is 1.23 bits per heavy atom. The van der Waals surface area contributed by atoms with Crippen LogP contribution in [0, 0.1) is 5.92 Å². The van der Waals surface area contributed by atoms with Crippen molar-refractivity contribution in [3.63, 3.8) is 0 Å². The minimum absolute atomic E-state index is 0.00551. The van der Waals surface area contributed by atoms with Gasteiger partial charge in [-0.1, -0.05) is 35.5 Å². The number of carbonyl (C=O) groups excluding carboxylic acids is 2. The number of benzene rings is 1. The summed E-state index contributed by atoms with van der Waals surface area (Å²) in [5.41, 5.74) is 0.901. The van der Waals surface area contributed by atoms with Gasteiger partial charge < -0.3 is 14.7 Å². The van der Waals surface area contributed by atoms with Crippen LogP contribution in [0.2, 0.25) is 0 Å². The highest BCUT2D eigenvalue weighted by molar-refractivity contribution is 5.84. The molecule has 2 fully saturated rings. The van der Waals surface area contributed by atoms with Crippen molar-refractivity contribution in [3.8, 4) is 11.4 Å². The maximum absolute atomic E-state index is 12.4. The Labute approximate surface area is 151 Å². The lowest BCUT2D eigenvalue weighted by atomic mass is 9.96.